The van der Waals surface area contributed by atoms with Crippen LogP contribution in [0.4, 0.5) is 14.5 Å². The molecule has 3 fully saturated rings. The van der Waals surface area contributed by atoms with Crippen molar-refractivity contribution in [2.75, 3.05) is 38.2 Å². The van der Waals surface area contributed by atoms with Crippen molar-refractivity contribution in [3.8, 4) is 11.9 Å². The van der Waals surface area contributed by atoms with Gasteiger partial charge < -0.3 is 14.5 Å². The van der Waals surface area contributed by atoms with Gasteiger partial charge in [0.05, 0.1) is 41.3 Å². The van der Waals surface area contributed by atoms with Crippen molar-refractivity contribution in [2.24, 2.45) is 0 Å². The molecule has 0 bridgehead atoms. The SMILES string of the molecule is C=C(F)C(=O)N1CC[C@H]2[C@H]1CN2c1c(CC#N)c(OC[C@@H]2C[C@@H](F)CN2C)nc2ccccc12. The zero-order chi connectivity index (χ0) is 24.0. The summed E-state index contributed by atoms with van der Waals surface area (Å²) in [7, 11) is 1.88. The number of hydrogen-bond acceptors (Lipinski definition) is 6. The predicted molar refractivity (Wildman–Crippen MR) is 124 cm³/mol. The van der Waals surface area contributed by atoms with Crippen molar-refractivity contribution >= 4 is 22.5 Å². The first-order chi connectivity index (χ1) is 16.4. The zero-order valence-corrected chi connectivity index (χ0v) is 19.1. The zero-order valence-electron chi connectivity index (χ0n) is 19.1. The second-order valence-corrected chi connectivity index (χ2v) is 9.31. The van der Waals surface area contributed by atoms with Crippen LogP contribution in [-0.2, 0) is 11.2 Å². The molecule has 1 aromatic heterocycles. The van der Waals surface area contributed by atoms with Crippen LogP contribution in [0.3, 0.4) is 0 Å². The molecule has 1 amide bonds. The van der Waals surface area contributed by atoms with E-state index in [1.807, 2.05) is 36.2 Å². The summed E-state index contributed by atoms with van der Waals surface area (Å²) < 4.78 is 33.5. The van der Waals surface area contributed by atoms with E-state index in [0.717, 1.165) is 16.6 Å². The summed E-state index contributed by atoms with van der Waals surface area (Å²) in [6.45, 7) is 4.82. The molecule has 34 heavy (non-hydrogen) atoms. The highest BCUT2D eigenvalue weighted by Gasteiger charge is 2.50. The highest BCUT2D eigenvalue weighted by Crippen LogP contribution is 2.44. The molecule has 3 aliphatic heterocycles. The van der Waals surface area contributed by atoms with E-state index in [2.05, 4.69) is 17.5 Å². The number of ether oxygens (including phenoxy) is 1. The standard InChI is InChI=1S/C25H27F2N5O2/c1-15(26)25(33)31-10-8-21-22(31)13-32(21)23-18-5-3-4-6-20(18)29-24(19(23)7-9-28)34-14-17-11-16(27)12-30(17)2/h3-6,16-17,21-22H,1,7-8,10-14H2,2H3/t16-,17+,21+,22-/m1/s1. The maximum atomic E-state index is 13.8. The van der Waals surface area contributed by atoms with E-state index in [9.17, 15) is 18.8 Å². The fourth-order valence-electron chi connectivity index (χ4n) is 5.56. The van der Waals surface area contributed by atoms with E-state index in [-0.39, 0.29) is 31.2 Å². The van der Waals surface area contributed by atoms with Gasteiger partial charge in [0.25, 0.3) is 5.91 Å². The highest BCUT2D eigenvalue weighted by molar-refractivity contribution is 5.96. The molecule has 7 nitrogen and oxygen atoms in total. The molecule has 2 aromatic rings. The third-order valence-electron chi connectivity index (χ3n) is 7.31. The number of alkyl halides is 1. The van der Waals surface area contributed by atoms with Crippen molar-refractivity contribution in [3.63, 3.8) is 0 Å². The fourth-order valence-corrected chi connectivity index (χ4v) is 5.56. The van der Waals surface area contributed by atoms with Crippen molar-refractivity contribution in [3.05, 3.63) is 42.2 Å². The van der Waals surface area contributed by atoms with Crippen LogP contribution in [0.25, 0.3) is 10.9 Å². The van der Waals surface area contributed by atoms with Crippen molar-refractivity contribution < 1.29 is 18.3 Å². The molecule has 0 N–H and O–H groups in total. The van der Waals surface area contributed by atoms with Gasteiger partial charge in [-0.05, 0) is 26.0 Å². The number of halogens is 2. The number of pyridine rings is 1. The average Bonchev–Trinajstić information content (AvgIpc) is 3.30. The number of benzene rings is 1. The van der Waals surface area contributed by atoms with Crippen LogP contribution >= 0.6 is 0 Å². The van der Waals surface area contributed by atoms with Crippen molar-refractivity contribution in [1.29, 1.82) is 5.26 Å². The second-order valence-electron chi connectivity index (χ2n) is 9.31. The van der Waals surface area contributed by atoms with E-state index in [1.54, 1.807) is 4.90 Å². The van der Waals surface area contributed by atoms with Gasteiger partial charge in [-0.25, -0.2) is 13.8 Å². The van der Waals surface area contributed by atoms with Crippen LogP contribution in [0.15, 0.2) is 36.7 Å². The summed E-state index contributed by atoms with van der Waals surface area (Å²) in [6.07, 6.45) is 0.341. The van der Waals surface area contributed by atoms with Gasteiger partial charge in [0.2, 0.25) is 5.88 Å². The summed E-state index contributed by atoms with van der Waals surface area (Å²) in [4.78, 5) is 22.6. The first-order valence-electron chi connectivity index (χ1n) is 11.6. The summed E-state index contributed by atoms with van der Waals surface area (Å²) >= 11 is 0. The van der Waals surface area contributed by atoms with Crippen LogP contribution in [0.5, 0.6) is 5.88 Å². The molecule has 3 aliphatic rings. The number of rotatable bonds is 6. The fraction of sp³-hybridized carbons (Fsp3) is 0.480. The van der Waals surface area contributed by atoms with Crippen LogP contribution in [0.2, 0.25) is 0 Å². The molecule has 9 heteroatoms. The number of amides is 1. The molecule has 0 saturated carbocycles. The topological polar surface area (TPSA) is 72.7 Å². The number of nitriles is 1. The average molecular weight is 468 g/mol. The van der Waals surface area contributed by atoms with E-state index in [0.29, 0.717) is 43.9 Å². The van der Waals surface area contributed by atoms with Gasteiger partial charge in [-0.15, -0.1) is 0 Å². The van der Waals surface area contributed by atoms with Crippen molar-refractivity contribution in [1.82, 2.24) is 14.8 Å². The Labute approximate surface area is 197 Å². The lowest BCUT2D eigenvalue weighted by Crippen LogP contribution is -2.63. The quantitative estimate of drug-likeness (QED) is 0.609. The lowest BCUT2D eigenvalue weighted by molar-refractivity contribution is -0.130. The van der Waals surface area contributed by atoms with Gasteiger partial charge in [-0.2, -0.15) is 5.26 Å². The van der Waals surface area contributed by atoms with Gasteiger partial charge in [0.1, 0.15) is 12.8 Å². The molecule has 4 heterocycles. The molecule has 4 atom stereocenters. The molecule has 0 spiro atoms. The highest BCUT2D eigenvalue weighted by atomic mass is 19.1. The molecule has 0 radical (unpaired) electrons. The lowest BCUT2D eigenvalue weighted by Gasteiger charge is -2.49. The normalized spacial score (nSPS) is 26.3. The Kier molecular flexibility index (Phi) is 5.86. The first-order valence-corrected chi connectivity index (χ1v) is 11.6. The van der Waals surface area contributed by atoms with Crippen LogP contribution in [0.1, 0.15) is 18.4 Å². The van der Waals surface area contributed by atoms with E-state index >= 15 is 0 Å². The number of aromatic nitrogens is 1. The number of likely N-dealkylation sites (tertiary alicyclic amines) is 2. The smallest absolute Gasteiger partial charge is 0.282 e. The number of nitrogens with zero attached hydrogens (tertiary/aromatic N) is 5. The third kappa shape index (κ3) is 3.76. The molecule has 3 saturated heterocycles. The predicted octanol–water partition coefficient (Wildman–Crippen LogP) is 2.99. The Hall–Kier alpha value is -3.25. The number of carbonyl (C=O) groups is 1. The van der Waals surface area contributed by atoms with Crippen LogP contribution in [-0.4, -0.2) is 78.3 Å². The van der Waals surface area contributed by atoms with Gasteiger partial charge in [0.15, 0.2) is 5.83 Å². The molecular formula is C25H27F2N5O2. The summed E-state index contributed by atoms with van der Waals surface area (Å²) in [5, 5.41) is 10.5. The Morgan fingerprint density at radius 2 is 2.12 bits per heavy atom. The maximum absolute atomic E-state index is 13.8. The number of fused-ring (bicyclic) bond motifs is 2. The number of likely N-dealkylation sites (N-methyl/N-ethyl adjacent to an activating group) is 1. The number of para-hydroxylation sites is 1. The van der Waals surface area contributed by atoms with Gasteiger partial charge >= 0.3 is 0 Å². The van der Waals surface area contributed by atoms with Gasteiger partial charge in [-0.1, -0.05) is 24.8 Å². The van der Waals surface area contributed by atoms with Crippen molar-refractivity contribution in [2.45, 2.75) is 43.6 Å². The third-order valence-corrected chi connectivity index (χ3v) is 7.31. The summed E-state index contributed by atoms with van der Waals surface area (Å²) in [6, 6.07) is 9.79. The summed E-state index contributed by atoms with van der Waals surface area (Å²) in [5.41, 5.74) is 2.31. The Morgan fingerprint density at radius 1 is 1.32 bits per heavy atom. The number of anilines is 1. The number of hydrogen-bond donors (Lipinski definition) is 0. The largest absolute Gasteiger partial charge is 0.476 e. The maximum Gasteiger partial charge on any atom is 0.282 e. The van der Waals surface area contributed by atoms with Gasteiger partial charge in [0, 0.05) is 31.1 Å². The lowest BCUT2D eigenvalue weighted by atomic mass is 9.93. The Balaban J connectivity index is 1.49. The second kappa shape index (κ2) is 8.84. The Bertz CT molecular complexity index is 1180. The molecule has 5 rings (SSSR count). The minimum absolute atomic E-state index is 0.0210. The van der Waals surface area contributed by atoms with Crippen LogP contribution < -0.4 is 9.64 Å². The molecule has 1 aromatic carbocycles. The van der Waals surface area contributed by atoms with Crippen LogP contribution in [0, 0.1) is 11.3 Å². The van der Waals surface area contributed by atoms with E-state index < -0.39 is 17.9 Å². The Morgan fingerprint density at radius 3 is 2.82 bits per heavy atom. The first kappa shape index (κ1) is 22.5. The van der Waals surface area contributed by atoms with Gasteiger partial charge in [-0.3, -0.25) is 9.69 Å². The molecule has 0 unspecified atom stereocenters. The molecule has 0 aliphatic carbocycles. The van der Waals surface area contributed by atoms with E-state index in [4.69, 9.17) is 9.72 Å². The van der Waals surface area contributed by atoms with E-state index in [1.165, 1.54) is 0 Å². The minimum atomic E-state index is -0.943. The molecule has 178 valence electrons. The number of carbonyl (C=O) groups excluding carboxylic acids is 1. The monoisotopic (exact) mass is 467 g/mol. The molecular weight excluding hydrogens is 440 g/mol. The summed E-state index contributed by atoms with van der Waals surface area (Å²) in [5.74, 6) is -1.21. The minimum Gasteiger partial charge on any atom is -0.476 e.